The first-order valence-corrected chi connectivity index (χ1v) is 6.94. The van der Waals surface area contributed by atoms with Crippen molar-refractivity contribution in [3.8, 4) is 16.3 Å². The van der Waals surface area contributed by atoms with E-state index in [0.29, 0.717) is 0 Å². The Morgan fingerprint density at radius 3 is 2.61 bits per heavy atom. The third-order valence-corrected chi connectivity index (χ3v) is 3.79. The Hall–Kier alpha value is -1.87. The third-order valence-electron chi connectivity index (χ3n) is 2.90. The quantitative estimate of drug-likeness (QED) is 0.686. The first-order valence-electron chi connectivity index (χ1n) is 6.06. The van der Waals surface area contributed by atoms with Crippen molar-refractivity contribution in [2.24, 2.45) is 0 Å². The zero-order valence-corrected chi connectivity index (χ0v) is 11.0. The van der Waals surface area contributed by atoms with Gasteiger partial charge in [0.05, 0.1) is 22.0 Å². The Kier molecular flexibility index (Phi) is 2.99. The number of rotatable bonds is 3. The molecule has 0 aliphatic carbocycles. The minimum Gasteiger partial charge on any atom is -0.232 e. The summed E-state index contributed by atoms with van der Waals surface area (Å²) >= 11 is 1.75. The maximum Gasteiger partial charge on any atom is 0.0843 e. The van der Waals surface area contributed by atoms with Gasteiger partial charge in [0.25, 0.3) is 0 Å². The van der Waals surface area contributed by atoms with Gasteiger partial charge < -0.3 is 0 Å². The molecule has 0 aliphatic rings. The Morgan fingerprint density at radius 1 is 1.11 bits per heavy atom. The first kappa shape index (κ1) is 11.2. The third kappa shape index (κ3) is 1.97. The highest BCUT2D eigenvalue weighted by molar-refractivity contribution is 7.13. The summed E-state index contributed by atoms with van der Waals surface area (Å²) in [6.45, 7) is 2.13. The van der Waals surface area contributed by atoms with Crippen LogP contribution in [0.15, 0.2) is 53.9 Å². The highest BCUT2D eigenvalue weighted by Crippen LogP contribution is 2.27. The first-order chi connectivity index (χ1) is 8.88. The molecular formula is C15H14N2S. The molecule has 0 N–H and O–H groups in total. The van der Waals surface area contributed by atoms with E-state index in [2.05, 4.69) is 47.7 Å². The maximum absolute atomic E-state index is 4.68. The van der Waals surface area contributed by atoms with E-state index in [1.807, 2.05) is 22.9 Å². The smallest absolute Gasteiger partial charge is 0.0843 e. The highest BCUT2D eigenvalue weighted by atomic mass is 32.1. The Balaban J connectivity index is 2.17. The van der Waals surface area contributed by atoms with Gasteiger partial charge in [0.1, 0.15) is 0 Å². The van der Waals surface area contributed by atoms with Crippen LogP contribution in [0.1, 0.15) is 12.6 Å². The molecule has 0 bridgehead atoms. The maximum atomic E-state index is 4.68. The normalized spacial score (nSPS) is 10.7. The minimum absolute atomic E-state index is 0.957. The molecule has 0 atom stereocenters. The van der Waals surface area contributed by atoms with Crippen LogP contribution >= 0.6 is 11.3 Å². The molecule has 1 aromatic carbocycles. The second-order valence-corrected chi connectivity index (χ2v) is 5.05. The van der Waals surface area contributed by atoms with Crippen LogP contribution in [0, 0.1) is 0 Å². The minimum atomic E-state index is 0.957. The van der Waals surface area contributed by atoms with Crippen molar-refractivity contribution >= 4 is 11.3 Å². The zero-order valence-electron chi connectivity index (χ0n) is 10.2. The second-order valence-electron chi connectivity index (χ2n) is 4.10. The van der Waals surface area contributed by atoms with Gasteiger partial charge in [0.15, 0.2) is 0 Å². The lowest BCUT2D eigenvalue weighted by atomic mass is 10.2. The van der Waals surface area contributed by atoms with E-state index >= 15 is 0 Å². The van der Waals surface area contributed by atoms with Crippen LogP contribution in [-0.4, -0.2) is 9.78 Å². The highest BCUT2D eigenvalue weighted by Gasteiger charge is 2.11. The van der Waals surface area contributed by atoms with Crippen molar-refractivity contribution in [1.82, 2.24) is 9.78 Å². The van der Waals surface area contributed by atoms with Crippen LogP contribution in [-0.2, 0) is 6.42 Å². The summed E-state index contributed by atoms with van der Waals surface area (Å²) in [5.74, 6) is 0. The number of para-hydroxylation sites is 1. The van der Waals surface area contributed by atoms with E-state index < -0.39 is 0 Å². The van der Waals surface area contributed by atoms with Crippen LogP contribution in [0.4, 0.5) is 0 Å². The van der Waals surface area contributed by atoms with Gasteiger partial charge in [0, 0.05) is 0 Å². The Labute approximate surface area is 111 Å². The molecule has 3 rings (SSSR count). The zero-order chi connectivity index (χ0) is 12.4. The molecule has 0 spiro atoms. The molecule has 2 aromatic heterocycles. The molecule has 3 heteroatoms. The lowest BCUT2D eigenvalue weighted by molar-refractivity contribution is 0.848. The fraction of sp³-hybridized carbons (Fsp3) is 0.133. The second kappa shape index (κ2) is 4.78. The monoisotopic (exact) mass is 254 g/mol. The molecule has 0 amide bonds. The number of thiophene rings is 1. The van der Waals surface area contributed by atoms with E-state index in [0.717, 1.165) is 17.8 Å². The lowest BCUT2D eigenvalue weighted by Gasteiger charge is -2.05. The fourth-order valence-corrected chi connectivity index (χ4v) is 2.70. The van der Waals surface area contributed by atoms with Gasteiger partial charge in [-0.3, -0.25) is 0 Å². The number of hydrogen-bond donors (Lipinski definition) is 0. The van der Waals surface area contributed by atoms with Crippen molar-refractivity contribution in [2.45, 2.75) is 13.3 Å². The molecule has 2 heterocycles. The van der Waals surface area contributed by atoms with Crippen molar-refractivity contribution in [3.63, 3.8) is 0 Å². The number of hydrogen-bond acceptors (Lipinski definition) is 2. The molecule has 0 saturated carbocycles. The van der Waals surface area contributed by atoms with E-state index in [1.54, 1.807) is 11.3 Å². The van der Waals surface area contributed by atoms with Crippen molar-refractivity contribution in [3.05, 3.63) is 59.6 Å². The van der Waals surface area contributed by atoms with Gasteiger partial charge in [-0.05, 0) is 36.1 Å². The van der Waals surface area contributed by atoms with Crippen LogP contribution in [0.25, 0.3) is 16.3 Å². The molecule has 90 valence electrons. The van der Waals surface area contributed by atoms with E-state index in [4.69, 9.17) is 0 Å². The molecule has 0 radical (unpaired) electrons. The predicted octanol–water partition coefficient (Wildman–Crippen LogP) is 4.16. The fourth-order valence-electron chi connectivity index (χ4n) is 1.97. The predicted molar refractivity (Wildman–Crippen MR) is 76.3 cm³/mol. The number of aromatic nitrogens is 2. The van der Waals surface area contributed by atoms with Crippen molar-refractivity contribution in [2.75, 3.05) is 0 Å². The SMILES string of the molecule is CCc1cc(-c2cccs2)n(-c2ccccc2)n1. The Morgan fingerprint density at radius 2 is 1.94 bits per heavy atom. The van der Waals surface area contributed by atoms with Crippen LogP contribution < -0.4 is 0 Å². The standard InChI is InChI=1S/C15H14N2S/c1-2-12-11-14(15-9-6-10-18-15)17(16-12)13-7-4-3-5-8-13/h3-11H,2H2,1H3. The van der Waals surface area contributed by atoms with Gasteiger partial charge in [-0.1, -0.05) is 31.2 Å². The molecule has 0 saturated heterocycles. The summed E-state index contributed by atoms with van der Waals surface area (Å²) in [7, 11) is 0. The van der Waals surface area contributed by atoms with E-state index in [9.17, 15) is 0 Å². The largest absolute Gasteiger partial charge is 0.232 e. The molecule has 0 aliphatic heterocycles. The molecule has 3 aromatic rings. The molecular weight excluding hydrogens is 240 g/mol. The number of nitrogens with zero attached hydrogens (tertiary/aromatic N) is 2. The number of aryl methyl sites for hydroxylation is 1. The summed E-state index contributed by atoms with van der Waals surface area (Å²) < 4.78 is 2.03. The topological polar surface area (TPSA) is 17.8 Å². The average molecular weight is 254 g/mol. The van der Waals surface area contributed by atoms with Gasteiger partial charge in [-0.25, -0.2) is 4.68 Å². The van der Waals surface area contributed by atoms with Crippen LogP contribution in [0.2, 0.25) is 0 Å². The summed E-state index contributed by atoms with van der Waals surface area (Å²) in [5, 5.41) is 6.78. The summed E-state index contributed by atoms with van der Waals surface area (Å²) in [4.78, 5) is 1.26. The summed E-state index contributed by atoms with van der Waals surface area (Å²) in [6, 6.07) is 16.7. The summed E-state index contributed by atoms with van der Waals surface area (Å²) in [6.07, 6.45) is 0.957. The molecule has 2 nitrogen and oxygen atoms in total. The van der Waals surface area contributed by atoms with Crippen molar-refractivity contribution in [1.29, 1.82) is 0 Å². The van der Waals surface area contributed by atoms with Crippen LogP contribution in [0.5, 0.6) is 0 Å². The lowest BCUT2D eigenvalue weighted by Crippen LogP contribution is -1.98. The van der Waals surface area contributed by atoms with Crippen LogP contribution in [0.3, 0.4) is 0 Å². The van der Waals surface area contributed by atoms with Gasteiger partial charge in [0.2, 0.25) is 0 Å². The van der Waals surface area contributed by atoms with Gasteiger partial charge in [-0.2, -0.15) is 5.10 Å². The average Bonchev–Trinajstić information content (AvgIpc) is 3.08. The Bertz CT molecular complexity index is 624. The number of benzene rings is 1. The van der Waals surface area contributed by atoms with Gasteiger partial charge >= 0.3 is 0 Å². The van der Waals surface area contributed by atoms with E-state index in [1.165, 1.54) is 10.6 Å². The van der Waals surface area contributed by atoms with Crippen molar-refractivity contribution < 1.29 is 0 Å². The summed E-state index contributed by atoms with van der Waals surface area (Å²) in [5.41, 5.74) is 3.41. The van der Waals surface area contributed by atoms with Gasteiger partial charge in [-0.15, -0.1) is 11.3 Å². The molecule has 0 unspecified atom stereocenters. The molecule has 18 heavy (non-hydrogen) atoms. The van der Waals surface area contributed by atoms with E-state index in [-0.39, 0.29) is 0 Å². The molecule has 0 fully saturated rings.